The van der Waals surface area contributed by atoms with Crippen molar-refractivity contribution in [2.45, 2.75) is 12.8 Å². The van der Waals surface area contributed by atoms with Crippen LogP contribution >= 0.6 is 11.6 Å². The van der Waals surface area contributed by atoms with E-state index in [4.69, 9.17) is 26.8 Å². The zero-order valence-corrected chi connectivity index (χ0v) is 10.1. The van der Waals surface area contributed by atoms with Crippen LogP contribution in [0.2, 0.25) is 5.02 Å². The van der Waals surface area contributed by atoms with Gasteiger partial charge in [-0.15, -0.1) is 0 Å². The van der Waals surface area contributed by atoms with Gasteiger partial charge in [0, 0.05) is 10.7 Å². The van der Waals surface area contributed by atoms with E-state index in [1.165, 1.54) is 25.0 Å². The molecule has 0 atom stereocenters. The number of rotatable bonds is 5. The maximum atomic E-state index is 11.6. The highest BCUT2D eigenvalue weighted by Gasteiger charge is 2.21. The normalized spacial score (nSPS) is 14.6. The van der Waals surface area contributed by atoms with Crippen LogP contribution in [-0.2, 0) is 9.47 Å². The summed E-state index contributed by atoms with van der Waals surface area (Å²) < 4.78 is 10.1. The summed E-state index contributed by atoms with van der Waals surface area (Å²) in [7, 11) is 0. The van der Waals surface area contributed by atoms with Crippen LogP contribution in [0.25, 0.3) is 0 Å². The van der Waals surface area contributed by atoms with Crippen molar-refractivity contribution in [1.29, 1.82) is 0 Å². The number of hydrogen-bond donors (Lipinski definition) is 1. The second kappa shape index (κ2) is 5.38. The summed E-state index contributed by atoms with van der Waals surface area (Å²) in [6.45, 7) is 0.632. The predicted octanol–water partition coefficient (Wildman–Crippen LogP) is 2.46. The summed E-state index contributed by atoms with van der Waals surface area (Å²) in [6.07, 6.45) is 2.41. The number of hydrogen-bond acceptors (Lipinski definition) is 4. The van der Waals surface area contributed by atoms with Gasteiger partial charge in [-0.25, -0.2) is 4.79 Å². The minimum atomic E-state index is -0.477. The van der Waals surface area contributed by atoms with Gasteiger partial charge in [-0.05, 0) is 37.0 Å². The van der Waals surface area contributed by atoms with E-state index in [1.54, 1.807) is 6.07 Å². The van der Waals surface area contributed by atoms with E-state index in [2.05, 4.69) is 0 Å². The number of carbonyl (C=O) groups excluding carboxylic acids is 1. The van der Waals surface area contributed by atoms with Crippen LogP contribution in [-0.4, -0.2) is 19.4 Å². The lowest BCUT2D eigenvalue weighted by Gasteiger charge is -2.06. The summed E-state index contributed by atoms with van der Waals surface area (Å²) >= 11 is 5.79. The molecule has 92 valence electrons. The molecule has 0 bridgehead atoms. The number of ether oxygens (including phenoxy) is 2. The average molecular weight is 256 g/mol. The highest BCUT2D eigenvalue weighted by Crippen LogP contribution is 2.28. The lowest BCUT2D eigenvalue weighted by Crippen LogP contribution is -2.10. The lowest BCUT2D eigenvalue weighted by atomic mass is 10.2. The molecule has 0 spiro atoms. The van der Waals surface area contributed by atoms with Crippen LogP contribution in [0, 0.1) is 5.92 Å². The van der Waals surface area contributed by atoms with Crippen LogP contribution < -0.4 is 5.73 Å². The van der Waals surface area contributed by atoms with Gasteiger partial charge in [0.25, 0.3) is 0 Å². The molecule has 2 rings (SSSR count). The Balaban J connectivity index is 1.80. The first-order valence-electron chi connectivity index (χ1n) is 5.46. The number of halogens is 1. The van der Waals surface area contributed by atoms with Gasteiger partial charge in [0.2, 0.25) is 0 Å². The highest BCUT2D eigenvalue weighted by atomic mass is 35.5. The van der Waals surface area contributed by atoms with Crippen molar-refractivity contribution in [3.63, 3.8) is 0 Å². The van der Waals surface area contributed by atoms with Gasteiger partial charge in [-0.3, -0.25) is 0 Å². The molecule has 1 aromatic carbocycles. The smallest absolute Gasteiger partial charge is 0.340 e. The Morgan fingerprint density at radius 1 is 1.41 bits per heavy atom. The molecule has 0 aromatic heterocycles. The molecule has 17 heavy (non-hydrogen) atoms. The minimum Gasteiger partial charge on any atom is -0.435 e. The van der Waals surface area contributed by atoms with Crippen LogP contribution in [0.4, 0.5) is 5.69 Å². The van der Waals surface area contributed by atoms with Gasteiger partial charge >= 0.3 is 5.97 Å². The van der Waals surface area contributed by atoms with Gasteiger partial charge in [0.15, 0.2) is 6.79 Å². The number of nitrogen functional groups attached to an aromatic ring is 1. The summed E-state index contributed by atoms with van der Waals surface area (Å²) in [4.78, 5) is 11.6. The fourth-order valence-corrected chi connectivity index (χ4v) is 1.65. The zero-order chi connectivity index (χ0) is 12.3. The Labute approximate surface area is 105 Å². The molecular weight excluding hydrogens is 242 g/mol. The van der Waals surface area contributed by atoms with Gasteiger partial charge in [0.05, 0.1) is 12.2 Å². The Bertz CT molecular complexity index is 398. The quantitative estimate of drug-likeness (QED) is 0.380. The van der Waals surface area contributed by atoms with Crippen LogP contribution in [0.3, 0.4) is 0 Å². The molecular formula is C12H14ClNO3. The van der Waals surface area contributed by atoms with Crippen molar-refractivity contribution >= 4 is 23.3 Å². The maximum absolute atomic E-state index is 11.6. The average Bonchev–Trinajstić information content (AvgIpc) is 3.06. The summed E-state index contributed by atoms with van der Waals surface area (Å²) in [5.74, 6) is 0.172. The fourth-order valence-electron chi connectivity index (χ4n) is 1.41. The molecule has 0 saturated heterocycles. The number of carbonyl (C=O) groups is 1. The van der Waals surface area contributed by atoms with Crippen LogP contribution in [0.1, 0.15) is 23.2 Å². The highest BCUT2D eigenvalue weighted by molar-refractivity contribution is 6.31. The first-order valence-corrected chi connectivity index (χ1v) is 5.84. The molecule has 2 N–H and O–H groups in total. The number of benzene rings is 1. The Kier molecular flexibility index (Phi) is 3.86. The SMILES string of the molecule is Nc1cc(Cl)cc(C(=O)OCOCC2CC2)c1. The summed E-state index contributed by atoms with van der Waals surface area (Å²) in [6, 6.07) is 4.61. The summed E-state index contributed by atoms with van der Waals surface area (Å²) in [5, 5.41) is 0.413. The Morgan fingerprint density at radius 2 is 2.18 bits per heavy atom. The second-order valence-electron chi connectivity index (χ2n) is 4.14. The van der Waals surface area contributed by atoms with Crippen LogP contribution in [0.15, 0.2) is 18.2 Å². The van der Waals surface area contributed by atoms with Crippen molar-refractivity contribution in [2.75, 3.05) is 19.1 Å². The first kappa shape index (κ1) is 12.2. The third kappa shape index (κ3) is 3.91. The number of nitrogens with two attached hydrogens (primary N) is 1. The van der Waals surface area contributed by atoms with E-state index in [-0.39, 0.29) is 6.79 Å². The first-order chi connectivity index (χ1) is 8.15. The molecule has 0 amide bonds. The molecule has 1 aliphatic carbocycles. The third-order valence-corrected chi connectivity index (χ3v) is 2.70. The molecule has 0 unspecified atom stereocenters. The van der Waals surface area contributed by atoms with Crippen molar-refractivity contribution < 1.29 is 14.3 Å². The topological polar surface area (TPSA) is 61.6 Å². The lowest BCUT2D eigenvalue weighted by molar-refractivity contribution is -0.0344. The third-order valence-electron chi connectivity index (χ3n) is 2.48. The van der Waals surface area contributed by atoms with E-state index in [1.807, 2.05) is 0 Å². The molecule has 1 saturated carbocycles. The van der Waals surface area contributed by atoms with Gasteiger partial charge < -0.3 is 15.2 Å². The van der Waals surface area contributed by atoms with Crippen molar-refractivity contribution in [2.24, 2.45) is 5.92 Å². The monoisotopic (exact) mass is 255 g/mol. The Hall–Kier alpha value is -1.26. The zero-order valence-electron chi connectivity index (χ0n) is 9.32. The van der Waals surface area contributed by atoms with Gasteiger partial charge in [-0.1, -0.05) is 11.6 Å². The van der Waals surface area contributed by atoms with E-state index in [0.717, 1.165) is 0 Å². The molecule has 1 aliphatic rings. The molecule has 1 aromatic rings. The second-order valence-corrected chi connectivity index (χ2v) is 4.57. The van der Waals surface area contributed by atoms with E-state index >= 15 is 0 Å². The minimum absolute atomic E-state index is 0.0260. The Morgan fingerprint density at radius 3 is 2.82 bits per heavy atom. The standard InChI is InChI=1S/C12H14ClNO3/c13-10-3-9(4-11(14)5-10)12(15)17-7-16-6-8-1-2-8/h3-5,8H,1-2,6-7,14H2. The molecule has 0 heterocycles. The molecule has 1 fully saturated rings. The number of anilines is 1. The van der Waals surface area contributed by atoms with E-state index in [0.29, 0.717) is 28.8 Å². The van der Waals surface area contributed by atoms with Crippen molar-refractivity contribution in [1.82, 2.24) is 0 Å². The van der Waals surface area contributed by atoms with E-state index in [9.17, 15) is 4.79 Å². The largest absolute Gasteiger partial charge is 0.435 e. The molecule has 5 heteroatoms. The van der Waals surface area contributed by atoms with Gasteiger partial charge in [0.1, 0.15) is 0 Å². The predicted molar refractivity (Wildman–Crippen MR) is 64.8 cm³/mol. The van der Waals surface area contributed by atoms with Crippen molar-refractivity contribution in [3.8, 4) is 0 Å². The molecule has 0 aliphatic heterocycles. The number of esters is 1. The maximum Gasteiger partial charge on any atom is 0.340 e. The summed E-state index contributed by atoms with van der Waals surface area (Å²) in [5.41, 5.74) is 6.35. The van der Waals surface area contributed by atoms with Crippen LogP contribution in [0.5, 0.6) is 0 Å². The van der Waals surface area contributed by atoms with Gasteiger partial charge in [-0.2, -0.15) is 0 Å². The molecule has 4 nitrogen and oxygen atoms in total. The fraction of sp³-hybridized carbons (Fsp3) is 0.417. The van der Waals surface area contributed by atoms with E-state index < -0.39 is 5.97 Å². The molecule has 0 radical (unpaired) electrons. The van der Waals surface area contributed by atoms with Crippen molar-refractivity contribution in [3.05, 3.63) is 28.8 Å².